The molecule has 3 rings (SSSR count). The lowest BCUT2D eigenvalue weighted by molar-refractivity contribution is -0.104. The number of aliphatic hydroxyl groups is 1. The highest BCUT2D eigenvalue weighted by atomic mass is 28.3. The summed E-state index contributed by atoms with van der Waals surface area (Å²) in [5, 5.41) is 20.4. The number of aromatic nitrogens is 1. The lowest BCUT2D eigenvalue weighted by Gasteiger charge is -2.41. The van der Waals surface area contributed by atoms with Gasteiger partial charge in [0.15, 0.2) is 15.1 Å². The summed E-state index contributed by atoms with van der Waals surface area (Å²) in [6, 6.07) is 9.37. The van der Waals surface area contributed by atoms with E-state index in [-0.39, 0.29) is 5.41 Å². The van der Waals surface area contributed by atoms with E-state index >= 15 is 0 Å². The highest BCUT2D eigenvalue weighted by Gasteiger charge is 2.45. The van der Waals surface area contributed by atoms with E-state index < -0.39 is 26.8 Å². The Balaban J connectivity index is 2.05. The van der Waals surface area contributed by atoms with E-state index in [1.165, 1.54) is 0 Å². The van der Waals surface area contributed by atoms with Gasteiger partial charge in [-0.25, -0.2) is 4.98 Å². The lowest BCUT2D eigenvalue weighted by atomic mass is 9.87. The number of pyridine rings is 1. The molecular formula is C24H32N2O4Si. The molecule has 0 unspecified atom stereocenters. The zero-order valence-corrected chi connectivity index (χ0v) is 20.5. The minimum atomic E-state index is -1.25. The van der Waals surface area contributed by atoms with Gasteiger partial charge in [-0.1, -0.05) is 20.8 Å². The number of aliphatic hydroxyl groups excluding tert-OH is 1. The van der Waals surface area contributed by atoms with Crippen molar-refractivity contribution < 1.29 is 19.0 Å². The molecule has 7 heteroatoms. The minimum Gasteiger partial charge on any atom is -0.485 e. The molecule has 166 valence electrons. The second-order valence-corrected chi connectivity index (χ2v) is 12.3. The molecule has 0 saturated heterocycles. The molecule has 1 aromatic carbocycles. The fourth-order valence-corrected chi connectivity index (χ4v) is 3.95. The van der Waals surface area contributed by atoms with Crippen LogP contribution in [0.1, 0.15) is 63.0 Å². The summed E-state index contributed by atoms with van der Waals surface area (Å²) < 4.78 is 18.3. The van der Waals surface area contributed by atoms with Gasteiger partial charge in [0.2, 0.25) is 5.88 Å². The fourth-order valence-electron chi connectivity index (χ4n) is 3.43. The summed E-state index contributed by atoms with van der Waals surface area (Å²) in [5.41, 5.74) is 2.13. The molecule has 1 aliphatic heterocycles. The first kappa shape index (κ1) is 23.3. The Morgan fingerprint density at radius 2 is 1.97 bits per heavy atom. The molecule has 1 aliphatic rings. The first-order chi connectivity index (χ1) is 14.4. The number of benzene rings is 1. The van der Waals surface area contributed by atoms with Gasteiger partial charge < -0.3 is 19.0 Å². The Bertz CT molecular complexity index is 992. The highest BCUT2D eigenvalue weighted by molar-refractivity contribution is 6.48. The normalized spacial score (nSPS) is 20.0. The predicted octanol–water partition coefficient (Wildman–Crippen LogP) is 4.40. The van der Waals surface area contributed by atoms with Crippen LogP contribution < -0.4 is 9.47 Å². The van der Waals surface area contributed by atoms with Crippen molar-refractivity contribution in [3.05, 3.63) is 52.7 Å². The van der Waals surface area contributed by atoms with Crippen molar-refractivity contribution in [2.45, 2.75) is 77.5 Å². The maximum atomic E-state index is 11.1. The van der Waals surface area contributed by atoms with E-state index in [9.17, 15) is 10.4 Å². The van der Waals surface area contributed by atoms with E-state index in [1.54, 1.807) is 18.2 Å². The molecule has 2 heterocycles. The molecule has 0 fully saturated rings. The molecule has 2 atom stereocenters. The minimum absolute atomic E-state index is 0.0655. The van der Waals surface area contributed by atoms with Crippen LogP contribution in [-0.2, 0) is 16.4 Å². The summed E-state index contributed by atoms with van der Waals surface area (Å²) >= 11 is 0. The van der Waals surface area contributed by atoms with Crippen LogP contribution in [0, 0.1) is 11.3 Å². The van der Waals surface area contributed by atoms with Crippen LogP contribution in [0.4, 0.5) is 0 Å². The van der Waals surface area contributed by atoms with Crippen LogP contribution in [0.3, 0.4) is 0 Å². The van der Waals surface area contributed by atoms with E-state index in [2.05, 4.69) is 51.0 Å². The number of nitriles is 1. The second-order valence-electron chi connectivity index (χ2n) is 9.85. The van der Waals surface area contributed by atoms with Crippen molar-refractivity contribution >= 4 is 9.04 Å². The average Bonchev–Trinajstić information content (AvgIpc) is 2.69. The van der Waals surface area contributed by atoms with Gasteiger partial charge in [0, 0.05) is 17.3 Å². The summed E-state index contributed by atoms with van der Waals surface area (Å²) in [7, 11) is -1.25. The van der Waals surface area contributed by atoms with Gasteiger partial charge in [0.05, 0.1) is 18.2 Å². The van der Waals surface area contributed by atoms with Crippen molar-refractivity contribution in [1.29, 1.82) is 5.26 Å². The van der Waals surface area contributed by atoms with Gasteiger partial charge in [-0.3, -0.25) is 0 Å². The molecule has 0 aliphatic carbocycles. The Kier molecular flexibility index (Phi) is 6.47. The van der Waals surface area contributed by atoms with E-state index in [0.29, 0.717) is 29.4 Å². The Hall–Kier alpha value is -2.40. The molecule has 6 nitrogen and oxygen atoms in total. The SMILES string of the molecule is C[SiH](C)OCc1cc(C(C)(C)C)cnc1O[C@H]1c2cc(C#N)ccc2OC(C)(C)[C@@H]1O. The maximum Gasteiger partial charge on any atom is 0.219 e. The third kappa shape index (κ3) is 5.09. The van der Waals surface area contributed by atoms with E-state index in [4.69, 9.17) is 13.9 Å². The number of hydrogen-bond donors (Lipinski definition) is 1. The van der Waals surface area contributed by atoms with Gasteiger partial charge in [0.1, 0.15) is 17.5 Å². The van der Waals surface area contributed by atoms with Crippen LogP contribution in [0.15, 0.2) is 30.5 Å². The van der Waals surface area contributed by atoms with Crippen molar-refractivity contribution in [3.8, 4) is 17.7 Å². The summed E-state index contributed by atoms with van der Waals surface area (Å²) in [6.45, 7) is 14.7. The largest absolute Gasteiger partial charge is 0.485 e. The molecule has 1 aromatic heterocycles. The molecular weight excluding hydrogens is 408 g/mol. The molecule has 31 heavy (non-hydrogen) atoms. The molecule has 0 spiro atoms. The van der Waals surface area contributed by atoms with Gasteiger partial charge >= 0.3 is 0 Å². The van der Waals surface area contributed by atoms with Crippen LogP contribution in [0.25, 0.3) is 0 Å². The zero-order chi connectivity index (χ0) is 23.0. The topological polar surface area (TPSA) is 84.6 Å². The van der Waals surface area contributed by atoms with E-state index in [1.807, 2.05) is 20.0 Å². The Morgan fingerprint density at radius 1 is 1.26 bits per heavy atom. The summed E-state index contributed by atoms with van der Waals surface area (Å²) in [4.78, 5) is 4.61. The highest BCUT2D eigenvalue weighted by Crippen LogP contribution is 2.43. The first-order valence-corrected chi connectivity index (χ1v) is 13.4. The van der Waals surface area contributed by atoms with Crippen LogP contribution in [0.5, 0.6) is 11.6 Å². The molecule has 0 bridgehead atoms. The number of ether oxygens (including phenoxy) is 2. The van der Waals surface area contributed by atoms with Gasteiger partial charge in [-0.2, -0.15) is 5.26 Å². The van der Waals surface area contributed by atoms with Gasteiger partial charge in [-0.15, -0.1) is 0 Å². The van der Waals surface area contributed by atoms with Crippen molar-refractivity contribution in [3.63, 3.8) is 0 Å². The Morgan fingerprint density at radius 3 is 2.58 bits per heavy atom. The maximum absolute atomic E-state index is 11.1. The lowest BCUT2D eigenvalue weighted by Crippen LogP contribution is -2.50. The van der Waals surface area contributed by atoms with Crippen molar-refractivity contribution in [2.75, 3.05) is 0 Å². The van der Waals surface area contributed by atoms with Gasteiger partial charge in [-0.05, 0) is 62.2 Å². The standard InChI is InChI=1S/C24H32N2O4Si/c1-23(2,3)17-11-16(14-28-31(6)7)22(26-13-17)29-20-18-10-15(12-25)8-9-19(18)30-24(4,5)21(20)27/h8-11,13,20-21,27,31H,14H2,1-7H3/t20-,21+/m0/s1. The number of hydrogen-bond acceptors (Lipinski definition) is 6. The van der Waals surface area contributed by atoms with Crippen LogP contribution >= 0.6 is 0 Å². The molecule has 0 radical (unpaired) electrons. The molecule has 1 N–H and O–H groups in total. The zero-order valence-electron chi connectivity index (χ0n) is 19.4. The van der Waals surface area contributed by atoms with Crippen molar-refractivity contribution in [1.82, 2.24) is 4.98 Å². The third-order valence-corrected chi connectivity index (χ3v) is 6.25. The van der Waals surface area contributed by atoms with Crippen LogP contribution in [-0.4, -0.2) is 30.8 Å². The van der Waals surface area contributed by atoms with Crippen molar-refractivity contribution in [2.24, 2.45) is 0 Å². The Labute approximate surface area is 186 Å². The monoisotopic (exact) mass is 440 g/mol. The molecule has 2 aromatic rings. The molecule has 0 amide bonds. The number of nitrogens with zero attached hydrogens (tertiary/aromatic N) is 2. The summed E-state index contributed by atoms with van der Waals surface area (Å²) in [5.74, 6) is 1.02. The summed E-state index contributed by atoms with van der Waals surface area (Å²) in [6.07, 6.45) is 0.135. The smallest absolute Gasteiger partial charge is 0.219 e. The fraction of sp³-hybridized carbons (Fsp3) is 0.500. The quantitative estimate of drug-likeness (QED) is 0.694. The van der Waals surface area contributed by atoms with Crippen LogP contribution in [0.2, 0.25) is 13.1 Å². The predicted molar refractivity (Wildman–Crippen MR) is 122 cm³/mol. The molecule has 0 saturated carbocycles. The van der Waals surface area contributed by atoms with Gasteiger partial charge in [0.25, 0.3) is 0 Å². The third-order valence-electron chi connectivity index (χ3n) is 5.42. The number of fused-ring (bicyclic) bond motifs is 1. The second kappa shape index (κ2) is 8.62. The first-order valence-electron chi connectivity index (χ1n) is 10.6. The average molecular weight is 441 g/mol. The van der Waals surface area contributed by atoms with E-state index in [0.717, 1.165) is 11.1 Å². The number of rotatable bonds is 5.